The van der Waals surface area contributed by atoms with Crippen LogP contribution >= 0.6 is 23.2 Å². The van der Waals surface area contributed by atoms with Crippen molar-refractivity contribution >= 4 is 34.9 Å². The van der Waals surface area contributed by atoms with Crippen LogP contribution < -0.4 is 5.32 Å². The van der Waals surface area contributed by atoms with Crippen molar-refractivity contribution < 1.29 is 4.79 Å². The molecule has 1 saturated heterocycles. The molecule has 2 aliphatic rings. The number of urea groups is 1. The Hall–Kier alpha value is -1.75. The average molecular weight is 404 g/mol. The molecule has 1 saturated carbocycles. The third-order valence-electron chi connectivity index (χ3n) is 5.32. The summed E-state index contributed by atoms with van der Waals surface area (Å²) in [4.78, 5) is 17.5. The van der Waals surface area contributed by atoms with Crippen LogP contribution in [0.4, 0.5) is 10.5 Å². The Morgan fingerprint density at radius 1 is 1.04 bits per heavy atom. The van der Waals surface area contributed by atoms with Crippen LogP contribution in [-0.4, -0.2) is 47.5 Å². The Kier molecular flexibility index (Phi) is 5.58. The number of anilines is 1. The molecule has 1 N–H and O–H groups in total. The van der Waals surface area contributed by atoms with Crippen molar-refractivity contribution in [3.8, 4) is 0 Å². The highest BCUT2D eigenvalue weighted by Gasteiger charge is 2.37. The molecule has 1 aliphatic heterocycles. The number of piperazine rings is 1. The van der Waals surface area contributed by atoms with Gasteiger partial charge >= 0.3 is 6.03 Å². The summed E-state index contributed by atoms with van der Waals surface area (Å²) in [5, 5.41) is 3.90. The van der Waals surface area contributed by atoms with E-state index in [2.05, 4.69) is 34.5 Å². The first-order valence-corrected chi connectivity index (χ1v) is 10.2. The van der Waals surface area contributed by atoms with Crippen molar-refractivity contribution in [2.75, 3.05) is 25.0 Å². The van der Waals surface area contributed by atoms with Crippen LogP contribution in [0.3, 0.4) is 0 Å². The molecule has 2 fully saturated rings. The highest BCUT2D eigenvalue weighted by atomic mass is 35.5. The third-order valence-corrected chi connectivity index (χ3v) is 6.06. The Morgan fingerprint density at radius 3 is 2.52 bits per heavy atom. The van der Waals surface area contributed by atoms with Crippen LogP contribution in [-0.2, 0) is 6.42 Å². The predicted octanol–water partition coefficient (Wildman–Crippen LogP) is 4.92. The number of carbonyl (C=O) groups excluding carboxylic acids is 1. The number of hydrogen-bond acceptors (Lipinski definition) is 2. The number of amides is 2. The summed E-state index contributed by atoms with van der Waals surface area (Å²) >= 11 is 12.0. The maximum absolute atomic E-state index is 13.0. The average Bonchev–Trinajstić information content (AvgIpc) is 3.51. The molecule has 0 radical (unpaired) electrons. The summed E-state index contributed by atoms with van der Waals surface area (Å²) in [6.45, 7) is 2.60. The molecule has 1 unspecified atom stereocenters. The highest BCUT2D eigenvalue weighted by molar-refractivity contribution is 6.42. The molecule has 2 aromatic carbocycles. The smallest absolute Gasteiger partial charge is 0.319 e. The van der Waals surface area contributed by atoms with Gasteiger partial charge in [0.1, 0.15) is 0 Å². The lowest BCUT2D eigenvalue weighted by atomic mass is 10.0. The Bertz CT molecular complexity index is 810. The molecule has 0 spiro atoms. The SMILES string of the molecule is O=C(Nc1ccc(Cl)c(Cl)c1)N1CCN(C2CC2)CC1Cc1ccccc1. The van der Waals surface area contributed by atoms with E-state index in [1.807, 2.05) is 11.0 Å². The fraction of sp³-hybridized carbons (Fsp3) is 0.381. The van der Waals surface area contributed by atoms with E-state index in [0.717, 1.165) is 26.1 Å². The largest absolute Gasteiger partial charge is 0.322 e. The molecule has 2 amide bonds. The Labute approximate surface area is 170 Å². The highest BCUT2D eigenvalue weighted by Crippen LogP contribution is 2.30. The van der Waals surface area contributed by atoms with Gasteiger partial charge in [-0.1, -0.05) is 53.5 Å². The number of hydrogen-bond donors (Lipinski definition) is 1. The van der Waals surface area contributed by atoms with Gasteiger partial charge in [0.05, 0.1) is 16.1 Å². The van der Waals surface area contributed by atoms with Crippen molar-refractivity contribution in [2.45, 2.75) is 31.3 Å². The molecule has 142 valence electrons. The quantitative estimate of drug-likeness (QED) is 0.786. The predicted molar refractivity (Wildman–Crippen MR) is 111 cm³/mol. The maximum atomic E-state index is 13.0. The van der Waals surface area contributed by atoms with Gasteiger partial charge in [-0.2, -0.15) is 0 Å². The van der Waals surface area contributed by atoms with Crippen molar-refractivity contribution in [3.05, 3.63) is 64.1 Å². The standard InChI is InChI=1S/C21H23Cl2N3O/c22-19-9-6-16(13-20(19)23)24-21(27)26-11-10-25(17-7-8-17)14-18(26)12-15-4-2-1-3-5-15/h1-6,9,13,17-18H,7-8,10-12,14H2,(H,24,27). The second-order valence-corrected chi connectivity index (χ2v) is 8.14. The molecule has 0 aromatic heterocycles. The number of carbonyl (C=O) groups is 1. The first-order chi connectivity index (χ1) is 13.1. The summed E-state index contributed by atoms with van der Waals surface area (Å²) in [7, 11) is 0. The molecule has 27 heavy (non-hydrogen) atoms. The van der Waals surface area contributed by atoms with Crippen molar-refractivity contribution in [2.24, 2.45) is 0 Å². The maximum Gasteiger partial charge on any atom is 0.322 e. The molecule has 4 rings (SSSR count). The number of nitrogens with zero attached hydrogens (tertiary/aromatic N) is 2. The van der Waals surface area contributed by atoms with Gasteiger partial charge in [0.25, 0.3) is 0 Å². The van der Waals surface area contributed by atoms with Crippen LogP contribution in [0.2, 0.25) is 10.0 Å². The van der Waals surface area contributed by atoms with Gasteiger partial charge < -0.3 is 10.2 Å². The molecule has 6 heteroatoms. The van der Waals surface area contributed by atoms with Crippen LogP contribution in [0.25, 0.3) is 0 Å². The van der Waals surface area contributed by atoms with Crippen LogP contribution in [0.1, 0.15) is 18.4 Å². The van der Waals surface area contributed by atoms with E-state index in [4.69, 9.17) is 23.2 Å². The minimum atomic E-state index is -0.0789. The Balaban J connectivity index is 1.48. The zero-order chi connectivity index (χ0) is 18.8. The van der Waals surface area contributed by atoms with Crippen LogP contribution in [0.5, 0.6) is 0 Å². The molecular formula is C21H23Cl2N3O. The zero-order valence-corrected chi connectivity index (χ0v) is 16.6. The molecule has 1 atom stereocenters. The van der Waals surface area contributed by atoms with E-state index >= 15 is 0 Å². The van der Waals surface area contributed by atoms with Crippen molar-refractivity contribution in [3.63, 3.8) is 0 Å². The fourth-order valence-corrected chi connectivity index (χ4v) is 4.05. The summed E-state index contributed by atoms with van der Waals surface area (Å²) in [6, 6.07) is 16.3. The van der Waals surface area contributed by atoms with Gasteiger partial charge in [0.2, 0.25) is 0 Å². The van der Waals surface area contributed by atoms with Gasteiger partial charge in [-0.3, -0.25) is 4.90 Å². The van der Waals surface area contributed by atoms with E-state index in [-0.39, 0.29) is 12.1 Å². The summed E-state index contributed by atoms with van der Waals surface area (Å²) in [6.07, 6.45) is 3.43. The molecule has 2 aromatic rings. The zero-order valence-electron chi connectivity index (χ0n) is 15.1. The summed E-state index contributed by atoms with van der Waals surface area (Å²) < 4.78 is 0. The lowest BCUT2D eigenvalue weighted by Crippen LogP contribution is -2.57. The topological polar surface area (TPSA) is 35.6 Å². The van der Waals surface area contributed by atoms with Crippen LogP contribution in [0.15, 0.2) is 48.5 Å². The van der Waals surface area contributed by atoms with E-state index in [1.165, 1.54) is 18.4 Å². The number of benzene rings is 2. The minimum absolute atomic E-state index is 0.0789. The van der Waals surface area contributed by atoms with E-state index < -0.39 is 0 Å². The third kappa shape index (κ3) is 4.57. The molecular weight excluding hydrogens is 381 g/mol. The lowest BCUT2D eigenvalue weighted by Gasteiger charge is -2.41. The van der Waals surface area contributed by atoms with Crippen LogP contribution in [0, 0.1) is 0 Å². The van der Waals surface area contributed by atoms with Gasteiger partial charge in [-0.15, -0.1) is 0 Å². The van der Waals surface area contributed by atoms with Gasteiger partial charge in [-0.25, -0.2) is 4.79 Å². The fourth-order valence-electron chi connectivity index (χ4n) is 3.75. The van der Waals surface area contributed by atoms with Crippen molar-refractivity contribution in [1.29, 1.82) is 0 Å². The summed E-state index contributed by atoms with van der Waals surface area (Å²) in [5.74, 6) is 0. The molecule has 1 heterocycles. The first-order valence-electron chi connectivity index (χ1n) is 9.41. The number of halogens is 2. The van der Waals surface area contributed by atoms with Gasteiger partial charge in [-0.05, 0) is 43.0 Å². The Morgan fingerprint density at radius 2 is 1.81 bits per heavy atom. The minimum Gasteiger partial charge on any atom is -0.319 e. The van der Waals surface area contributed by atoms with E-state index in [9.17, 15) is 4.79 Å². The monoisotopic (exact) mass is 403 g/mol. The molecule has 1 aliphatic carbocycles. The second-order valence-electron chi connectivity index (χ2n) is 7.32. The number of rotatable bonds is 4. The van der Waals surface area contributed by atoms with E-state index in [0.29, 0.717) is 21.8 Å². The molecule has 0 bridgehead atoms. The van der Waals surface area contributed by atoms with E-state index in [1.54, 1.807) is 18.2 Å². The number of nitrogens with one attached hydrogen (secondary N) is 1. The normalized spacial score (nSPS) is 20.5. The lowest BCUT2D eigenvalue weighted by molar-refractivity contribution is 0.0954. The van der Waals surface area contributed by atoms with Gasteiger partial charge in [0, 0.05) is 31.4 Å². The van der Waals surface area contributed by atoms with Gasteiger partial charge in [0.15, 0.2) is 0 Å². The molecule has 4 nitrogen and oxygen atoms in total. The summed E-state index contributed by atoms with van der Waals surface area (Å²) in [5.41, 5.74) is 1.92. The van der Waals surface area contributed by atoms with Crippen molar-refractivity contribution in [1.82, 2.24) is 9.80 Å². The first kappa shape index (κ1) is 18.6. The second kappa shape index (κ2) is 8.09.